The molecule has 0 unspecified atom stereocenters. The summed E-state index contributed by atoms with van der Waals surface area (Å²) in [7, 11) is 3.42. The number of carbonyl (C=O) groups excluding carboxylic acids is 2. The molecule has 0 aliphatic carbocycles. The van der Waals surface area contributed by atoms with Crippen LogP contribution in [-0.2, 0) is 14.4 Å². The fourth-order valence-electron chi connectivity index (χ4n) is 4.15. The van der Waals surface area contributed by atoms with E-state index in [9.17, 15) is 24.6 Å². The Balaban J connectivity index is 1.78. The molecule has 3 N–H and O–H groups in total. The Morgan fingerprint density at radius 1 is 1.38 bits per heavy atom. The summed E-state index contributed by atoms with van der Waals surface area (Å²) < 4.78 is 0. The summed E-state index contributed by atoms with van der Waals surface area (Å²) in [6.07, 6.45) is -0.190. The quantitative estimate of drug-likeness (QED) is 0.559. The standard InChI is InChI=1S/C17H25N3O5S/c1-7-12-11(8(2)21)16(23)20(12)13(17(24)25)14(7)26-9-5-10(18-6-9)15(22)19(3)4/h7-12,18,21H,5-6H2,1-4H3,(H,24,25)/t7-,8-,9-,10-,11+,12+/m1/s1. The zero-order valence-electron chi connectivity index (χ0n) is 15.3. The molecule has 2 fully saturated rings. The maximum atomic E-state index is 12.3. The predicted molar refractivity (Wildman–Crippen MR) is 96.1 cm³/mol. The van der Waals surface area contributed by atoms with Gasteiger partial charge in [-0.25, -0.2) is 4.79 Å². The highest BCUT2D eigenvalue weighted by molar-refractivity contribution is 8.03. The molecule has 0 aromatic heterocycles. The Hall–Kier alpha value is -1.58. The molecule has 0 aromatic carbocycles. The molecule has 26 heavy (non-hydrogen) atoms. The van der Waals surface area contributed by atoms with Gasteiger partial charge in [0.1, 0.15) is 5.70 Å². The van der Waals surface area contributed by atoms with Crippen LogP contribution in [0.4, 0.5) is 0 Å². The van der Waals surface area contributed by atoms with Crippen molar-refractivity contribution < 1.29 is 24.6 Å². The van der Waals surface area contributed by atoms with Crippen LogP contribution in [0.25, 0.3) is 0 Å². The lowest BCUT2D eigenvalue weighted by atomic mass is 9.79. The van der Waals surface area contributed by atoms with Crippen LogP contribution >= 0.6 is 11.8 Å². The van der Waals surface area contributed by atoms with Crippen molar-refractivity contribution in [3.63, 3.8) is 0 Å². The number of carbonyl (C=O) groups is 3. The van der Waals surface area contributed by atoms with Crippen molar-refractivity contribution in [1.29, 1.82) is 0 Å². The van der Waals surface area contributed by atoms with E-state index in [0.717, 1.165) is 0 Å². The molecule has 0 spiro atoms. The smallest absolute Gasteiger partial charge is 0.353 e. The summed E-state index contributed by atoms with van der Waals surface area (Å²) in [5, 5.41) is 22.8. The summed E-state index contributed by atoms with van der Waals surface area (Å²) in [5.41, 5.74) is 0.0387. The van der Waals surface area contributed by atoms with Gasteiger partial charge in [0.05, 0.1) is 24.1 Å². The van der Waals surface area contributed by atoms with Crippen molar-refractivity contribution in [1.82, 2.24) is 15.1 Å². The van der Waals surface area contributed by atoms with Gasteiger partial charge in [-0.05, 0) is 13.3 Å². The predicted octanol–water partition coefficient (Wildman–Crippen LogP) is -0.308. The number of carboxylic acids is 1. The molecule has 8 nitrogen and oxygen atoms in total. The molecule has 3 aliphatic rings. The van der Waals surface area contributed by atoms with Gasteiger partial charge in [0.2, 0.25) is 11.8 Å². The zero-order chi connectivity index (χ0) is 19.3. The number of hydrogen-bond donors (Lipinski definition) is 3. The molecule has 2 amide bonds. The number of likely N-dealkylation sites (N-methyl/N-ethyl adjacent to an activating group) is 1. The number of thioether (sulfide) groups is 1. The van der Waals surface area contributed by atoms with Crippen LogP contribution in [-0.4, -0.2) is 81.9 Å². The lowest BCUT2D eigenvalue weighted by Crippen LogP contribution is -2.63. The molecule has 0 radical (unpaired) electrons. The van der Waals surface area contributed by atoms with Gasteiger partial charge in [-0.1, -0.05) is 6.92 Å². The highest BCUT2D eigenvalue weighted by atomic mass is 32.2. The van der Waals surface area contributed by atoms with Crippen LogP contribution in [0.2, 0.25) is 0 Å². The Bertz CT molecular complexity index is 677. The van der Waals surface area contributed by atoms with Gasteiger partial charge in [0, 0.05) is 36.7 Å². The first-order chi connectivity index (χ1) is 12.1. The number of aliphatic hydroxyl groups excluding tert-OH is 1. The molecule has 144 valence electrons. The number of nitrogens with one attached hydrogen (secondary N) is 1. The molecule has 0 saturated carbocycles. The highest BCUT2D eigenvalue weighted by Gasteiger charge is 2.60. The first kappa shape index (κ1) is 19.2. The van der Waals surface area contributed by atoms with Crippen LogP contribution < -0.4 is 5.32 Å². The van der Waals surface area contributed by atoms with Gasteiger partial charge in [0.15, 0.2) is 0 Å². The number of aliphatic hydroxyl groups is 1. The summed E-state index contributed by atoms with van der Waals surface area (Å²) >= 11 is 1.45. The van der Waals surface area contributed by atoms with Gasteiger partial charge >= 0.3 is 5.97 Å². The molecular weight excluding hydrogens is 358 g/mol. The molecule has 9 heteroatoms. The van der Waals surface area contributed by atoms with E-state index in [0.29, 0.717) is 17.9 Å². The summed E-state index contributed by atoms with van der Waals surface area (Å²) in [4.78, 5) is 39.8. The average Bonchev–Trinajstić information content (AvgIpc) is 3.09. The first-order valence-corrected chi connectivity index (χ1v) is 9.62. The molecule has 0 aromatic rings. The lowest BCUT2D eigenvalue weighted by molar-refractivity contribution is -0.163. The number of nitrogens with zero attached hydrogens (tertiary/aromatic N) is 2. The molecule has 3 heterocycles. The largest absolute Gasteiger partial charge is 0.477 e. The van der Waals surface area contributed by atoms with Crippen LogP contribution in [0.1, 0.15) is 20.3 Å². The Morgan fingerprint density at radius 2 is 2.04 bits per heavy atom. The molecule has 6 atom stereocenters. The van der Waals surface area contributed by atoms with Crippen LogP contribution in [0, 0.1) is 11.8 Å². The van der Waals surface area contributed by atoms with E-state index in [2.05, 4.69) is 5.32 Å². The number of hydrogen-bond acceptors (Lipinski definition) is 6. The normalized spacial score (nSPS) is 34.6. The number of carboxylic acid groups (broad SMARTS) is 1. The third-order valence-electron chi connectivity index (χ3n) is 5.43. The van der Waals surface area contributed by atoms with Crippen molar-refractivity contribution in [3.05, 3.63) is 10.6 Å². The van der Waals surface area contributed by atoms with Crippen molar-refractivity contribution in [2.45, 2.75) is 43.7 Å². The van der Waals surface area contributed by atoms with Gasteiger partial charge in [0.25, 0.3) is 0 Å². The number of fused-ring (bicyclic) bond motifs is 1. The third-order valence-corrected chi connectivity index (χ3v) is 6.95. The molecular formula is C17H25N3O5S. The fraction of sp³-hybridized carbons (Fsp3) is 0.706. The minimum absolute atomic E-state index is 0.00757. The summed E-state index contributed by atoms with van der Waals surface area (Å²) in [6, 6.07) is -0.568. The highest BCUT2D eigenvalue weighted by Crippen LogP contribution is 2.51. The molecule has 0 bridgehead atoms. The topological polar surface area (TPSA) is 110 Å². The van der Waals surface area contributed by atoms with E-state index >= 15 is 0 Å². The second-order valence-electron chi connectivity index (χ2n) is 7.44. The van der Waals surface area contributed by atoms with E-state index in [1.165, 1.54) is 16.7 Å². The number of rotatable bonds is 5. The van der Waals surface area contributed by atoms with Gasteiger partial charge in [-0.2, -0.15) is 0 Å². The second-order valence-corrected chi connectivity index (χ2v) is 8.78. The van der Waals surface area contributed by atoms with E-state index in [1.807, 2.05) is 6.92 Å². The maximum absolute atomic E-state index is 12.3. The number of aliphatic carboxylic acids is 1. The maximum Gasteiger partial charge on any atom is 0.353 e. The molecule has 3 rings (SSSR count). The second kappa shape index (κ2) is 6.86. The minimum Gasteiger partial charge on any atom is -0.477 e. The monoisotopic (exact) mass is 383 g/mol. The van der Waals surface area contributed by atoms with Crippen molar-refractivity contribution in [3.8, 4) is 0 Å². The summed E-state index contributed by atoms with van der Waals surface area (Å²) in [6.45, 7) is 4.08. The van der Waals surface area contributed by atoms with E-state index in [4.69, 9.17) is 0 Å². The first-order valence-electron chi connectivity index (χ1n) is 8.75. The Kier molecular flexibility index (Phi) is 5.06. The Morgan fingerprint density at radius 3 is 2.58 bits per heavy atom. The van der Waals surface area contributed by atoms with Crippen molar-refractivity contribution in [2.75, 3.05) is 20.6 Å². The van der Waals surface area contributed by atoms with E-state index in [-0.39, 0.29) is 40.8 Å². The lowest BCUT2D eigenvalue weighted by Gasteiger charge is -2.46. The Labute approximate surface area is 156 Å². The van der Waals surface area contributed by atoms with Crippen molar-refractivity contribution in [2.24, 2.45) is 11.8 Å². The van der Waals surface area contributed by atoms with E-state index < -0.39 is 18.0 Å². The molecule has 2 saturated heterocycles. The molecule has 3 aliphatic heterocycles. The summed E-state index contributed by atoms with van der Waals surface area (Å²) in [5.74, 6) is -2.14. The minimum atomic E-state index is -1.12. The van der Waals surface area contributed by atoms with Crippen LogP contribution in [0.15, 0.2) is 10.6 Å². The number of β-lactam (4-membered cyclic amide) rings is 1. The SMILES string of the molecule is C[C@@H](O)[C@@H]1C(=O)N2C(C(=O)O)=C(S[C@H]3CN[C@@H](C(=O)N(C)C)C3)[C@H](C)[C@@H]12. The van der Waals surface area contributed by atoms with Crippen LogP contribution in [0.5, 0.6) is 0 Å². The fourth-order valence-corrected chi connectivity index (χ4v) is 5.63. The number of amides is 2. The third kappa shape index (κ3) is 2.91. The van der Waals surface area contributed by atoms with Gasteiger partial charge in [-0.15, -0.1) is 11.8 Å². The van der Waals surface area contributed by atoms with E-state index in [1.54, 1.807) is 25.9 Å². The van der Waals surface area contributed by atoms with Crippen LogP contribution in [0.3, 0.4) is 0 Å². The van der Waals surface area contributed by atoms with Gasteiger partial charge < -0.3 is 25.3 Å². The average molecular weight is 383 g/mol. The van der Waals surface area contributed by atoms with Crippen molar-refractivity contribution >= 4 is 29.5 Å². The van der Waals surface area contributed by atoms with Gasteiger partial charge in [-0.3, -0.25) is 9.59 Å². The zero-order valence-corrected chi connectivity index (χ0v) is 16.1.